The molecule has 3 N–H and O–H groups in total. The van der Waals surface area contributed by atoms with Crippen LogP contribution < -0.4 is 11.1 Å². The number of esters is 1. The number of hydrogen-bond acceptors (Lipinski definition) is 4. The van der Waals surface area contributed by atoms with Crippen molar-refractivity contribution in [3.8, 4) is 0 Å². The molecule has 1 atom stereocenters. The summed E-state index contributed by atoms with van der Waals surface area (Å²) in [7, 11) is 0. The summed E-state index contributed by atoms with van der Waals surface area (Å²) in [6.07, 6.45) is -0.509. The largest absolute Gasteiger partial charge is 0.453 e. The molecule has 0 aliphatic carbocycles. The molecular formula is C19H19FN2O4. The molecule has 0 aromatic heterocycles. The molecule has 136 valence electrons. The van der Waals surface area contributed by atoms with E-state index in [1.165, 1.54) is 43.3 Å². The highest BCUT2D eigenvalue weighted by Gasteiger charge is 2.18. The van der Waals surface area contributed by atoms with Crippen molar-refractivity contribution >= 4 is 23.5 Å². The van der Waals surface area contributed by atoms with Crippen LogP contribution in [0.3, 0.4) is 0 Å². The Morgan fingerprint density at radius 1 is 1.08 bits per heavy atom. The lowest BCUT2D eigenvalue weighted by atomic mass is 10.1. The molecule has 2 rings (SSSR count). The first-order chi connectivity index (χ1) is 12.3. The Kier molecular flexibility index (Phi) is 6.43. The quantitative estimate of drug-likeness (QED) is 0.743. The van der Waals surface area contributed by atoms with E-state index < -0.39 is 23.9 Å². The minimum atomic E-state index is -0.980. The molecule has 26 heavy (non-hydrogen) atoms. The topological polar surface area (TPSA) is 98.5 Å². The van der Waals surface area contributed by atoms with Crippen LogP contribution in [0.5, 0.6) is 0 Å². The molecule has 0 fully saturated rings. The number of halogens is 1. The highest BCUT2D eigenvalue weighted by Crippen LogP contribution is 2.11. The van der Waals surface area contributed by atoms with E-state index in [1.807, 2.05) is 0 Å². The molecule has 7 heteroatoms. The van der Waals surface area contributed by atoms with E-state index in [4.69, 9.17) is 10.5 Å². The van der Waals surface area contributed by atoms with Crippen molar-refractivity contribution in [2.45, 2.75) is 25.9 Å². The lowest BCUT2D eigenvalue weighted by Gasteiger charge is -2.13. The number of hydrogen-bond donors (Lipinski definition) is 2. The summed E-state index contributed by atoms with van der Waals surface area (Å²) in [4.78, 5) is 34.9. The molecule has 0 bridgehead atoms. The van der Waals surface area contributed by atoms with Crippen LogP contribution in [0.4, 0.5) is 10.1 Å². The van der Waals surface area contributed by atoms with Crippen LogP contribution in [0.25, 0.3) is 0 Å². The van der Waals surface area contributed by atoms with Crippen molar-refractivity contribution in [2.75, 3.05) is 5.32 Å². The van der Waals surface area contributed by atoms with Gasteiger partial charge in [-0.1, -0.05) is 12.1 Å². The Hall–Kier alpha value is -3.22. The first-order valence-electron chi connectivity index (χ1n) is 8.00. The van der Waals surface area contributed by atoms with Gasteiger partial charge in [-0.05, 0) is 55.3 Å². The van der Waals surface area contributed by atoms with Crippen LogP contribution in [-0.2, 0) is 20.7 Å². The summed E-state index contributed by atoms with van der Waals surface area (Å²) in [5.74, 6) is -1.93. The number of ether oxygens (including phenoxy) is 1. The zero-order chi connectivity index (χ0) is 19.1. The molecule has 0 aliphatic heterocycles. The minimum absolute atomic E-state index is 0.0799. The first kappa shape index (κ1) is 19.1. The number of rotatable bonds is 7. The summed E-state index contributed by atoms with van der Waals surface area (Å²) in [6, 6.07) is 11.8. The lowest BCUT2D eigenvalue weighted by molar-refractivity contribution is -0.153. The van der Waals surface area contributed by atoms with E-state index in [-0.39, 0.29) is 12.2 Å². The number of benzene rings is 2. The molecule has 0 saturated carbocycles. The molecule has 2 aromatic carbocycles. The van der Waals surface area contributed by atoms with E-state index in [1.54, 1.807) is 12.1 Å². The van der Waals surface area contributed by atoms with Gasteiger partial charge >= 0.3 is 5.97 Å². The summed E-state index contributed by atoms with van der Waals surface area (Å²) < 4.78 is 17.9. The number of anilines is 1. The predicted octanol–water partition coefficient (Wildman–Crippen LogP) is 2.43. The van der Waals surface area contributed by atoms with Gasteiger partial charge in [-0.3, -0.25) is 14.4 Å². The summed E-state index contributed by atoms with van der Waals surface area (Å²) >= 11 is 0. The van der Waals surface area contributed by atoms with Gasteiger partial charge < -0.3 is 15.8 Å². The standard InChI is InChI=1S/C19H19FN2O4/c1-12(19(25)22-16-9-5-14(6-10-16)18(21)24)26-17(23)11-4-13-2-7-15(20)8-3-13/h2-3,5-10,12H,4,11H2,1H3,(H2,21,24)(H,22,25). The smallest absolute Gasteiger partial charge is 0.306 e. The molecule has 0 heterocycles. The second kappa shape index (κ2) is 8.75. The fourth-order valence-corrected chi connectivity index (χ4v) is 2.17. The molecule has 2 aromatic rings. The second-order valence-electron chi connectivity index (χ2n) is 5.69. The van der Waals surface area contributed by atoms with Gasteiger partial charge in [0, 0.05) is 17.7 Å². The van der Waals surface area contributed by atoms with E-state index in [0.29, 0.717) is 17.7 Å². The highest BCUT2D eigenvalue weighted by molar-refractivity contribution is 5.96. The van der Waals surface area contributed by atoms with Gasteiger partial charge in [0.05, 0.1) is 0 Å². The Balaban J connectivity index is 1.80. The molecule has 0 spiro atoms. The van der Waals surface area contributed by atoms with Crippen LogP contribution in [0.15, 0.2) is 48.5 Å². The van der Waals surface area contributed by atoms with Gasteiger partial charge in [0.1, 0.15) is 5.82 Å². The third kappa shape index (κ3) is 5.70. The van der Waals surface area contributed by atoms with Gasteiger partial charge in [0.15, 0.2) is 6.10 Å². The molecule has 2 amide bonds. The number of carbonyl (C=O) groups is 3. The molecule has 0 saturated heterocycles. The molecular weight excluding hydrogens is 339 g/mol. The van der Waals surface area contributed by atoms with Gasteiger partial charge in [-0.25, -0.2) is 4.39 Å². The van der Waals surface area contributed by atoms with Crippen molar-refractivity contribution in [3.63, 3.8) is 0 Å². The van der Waals surface area contributed by atoms with Crippen molar-refractivity contribution in [1.29, 1.82) is 0 Å². The Morgan fingerprint density at radius 2 is 1.69 bits per heavy atom. The van der Waals surface area contributed by atoms with E-state index in [9.17, 15) is 18.8 Å². The Bertz CT molecular complexity index is 788. The number of nitrogens with two attached hydrogens (primary N) is 1. The van der Waals surface area contributed by atoms with Crippen LogP contribution in [0.1, 0.15) is 29.3 Å². The van der Waals surface area contributed by atoms with Gasteiger partial charge in [-0.2, -0.15) is 0 Å². The van der Waals surface area contributed by atoms with E-state index >= 15 is 0 Å². The normalized spacial score (nSPS) is 11.5. The predicted molar refractivity (Wildman–Crippen MR) is 93.9 cm³/mol. The summed E-state index contributed by atoms with van der Waals surface area (Å²) in [6.45, 7) is 1.46. The van der Waals surface area contributed by atoms with Crippen molar-refractivity contribution in [1.82, 2.24) is 0 Å². The monoisotopic (exact) mass is 358 g/mol. The molecule has 0 aliphatic rings. The van der Waals surface area contributed by atoms with Crippen molar-refractivity contribution < 1.29 is 23.5 Å². The van der Waals surface area contributed by atoms with Crippen LogP contribution >= 0.6 is 0 Å². The van der Waals surface area contributed by atoms with Gasteiger partial charge in [0.25, 0.3) is 5.91 Å². The Morgan fingerprint density at radius 3 is 2.27 bits per heavy atom. The maximum absolute atomic E-state index is 12.8. The SMILES string of the molecule is CC(OC(=O)CCc1ccc(F)cc1)C(=O)Nc1ccc(C(N)=O)cc1. The van der Waals surface area contributed by atoms with E-state index in [2.05, 4.69) is 5.32 Å². The minimum Gasteiger partial charge on any atom is -0.453 e. The third-order valence-electron chi connectivity index (χ3n) is 3.65. The maximum atomic E-state index is 12.8. The lowest BCUT2D eigenvalue weighted by Crippen LogP contribution is -2.30. The molecule has 6 nitrogen and oxygen atoms in total. The number of nitrogens with one attached hydrogen (secondary N) is 1. The number of aryl methyl sites for hydroxylation is 1. The summed E-state index contributed by atoms with van der Waals surface area (Å²) in [5, 5.41) is 2.58. The van der Waals surface area contributed by atoms with E-state index in [0.717, 1.165) is 5.56 Å². The molecule has 0 radical (unpaired) electrons. The maximum Gasteiger partial charge on any atom is 0.306 e. The first-order valence-corrected chi connectivity index (χ1v) is 8.00. The number of primary amides is 1. The summed E-state index contributed by atoms with van der Waals surface area (Å²) in [5.41, 5.74) is 6.72. The van der Waals surface area contributed by atoms with Crippen molar-refractivity contribution in [3.05, 3.63) is 65.5 Å². The van der Waals surface area contributed by atoms with Gasteiger partial charge in [0.2, 0.25) is 5.91 Å². The third-order valence-corrected chi connectivity index (χ3v) is 3.65. The van der Waals surface area contributed by atoms with Gasteiger partial charge in [-0.15, -0.1) is 0 Å². The second-order valence-corrected chi connectivity index (χ2v) is 5.69. The fraction of sp³-hybridized carbons (Fsp3) is 0.211. The van der Waals surface area contributed by atoms with Crippen LogP contribution in [0, 0.1) is 5.82 Å². The average Bonchev–Trinajstić information content (AvgIpc) is 2.61. The Labute approximate surface area is 150 Å². The fourth-order valence-electron chi connectivity index (χ4n) is 2.17. The van der Waals surface area contributed by atoms with Crippen LogP contribution in [0.2, 0.25) is 0 Å². The van der Waals surface area contributed by atoms with Crippen LogP contribution in [-0.4, -0.2) is 23.9 Å². The molecule has 1 unspecified atom stereocenters. The average molecular weight is 358 g/mol. The zero-order valence-electron chi connectivity index (χ0n) is 14.2. The van der Waals surface area contributed by atoms with Crippen molar-refractivity contribution in [2.24, 2.45) is 5.73 Å². The highest BCUT2D eigenvalue weighted by atomic mass is 19.1. The number of carbonyl (C=O) groups excluding carboxylic acids is 3. The zero-order valence-corrected chi connectivity index (χ0v) is 14.2. The number of amides is 2.